The van der Waals surface area contributed by atoms with E-state index in [1.54, 1.807) is 12.1 Å². The van der Waals surface area contributed by atoms with Crippen molar-refractivity contribution in [2.24, 2.45) is 16.8 Å². The maximum absolute atomic E-state index is 13.3. The summed E-state index contributed by atoms with van der Waals surface area (Å²) in [5, 5.41) is 9.92. The first-order valence-corrected chi connectivity index (χ1v) is 21.6. The molecule has 0 unspecified atom stereocenters. The smallest absolute Gasteiger partial charge is 0.318 e. The maximum Gasteiger partial charge on any atom is 0.318 e. The molecule has 12 heteroatoms. The van der Waals surface area contributed by atoms with Crippen LogP contribution in [-0.2, 0) is 31.0 Å². The second-order valence-electron chi connectivity index (χ2n) is 16.6. The number of halogens is 2. The van der Waals surface area contributed by atoms with Crippen molar-refractivity contribution in [1.29, 1.82) is 0 Å². The Kier molecular flexibility index (Phi) is 21.4. The number of aliphatic imine (C=N–C) groups is 1. The summed E-state index contributed by atoms with van der Waals surface area (Å²) in [7, 11) is 2.16. The topological polar surface area (TPSA) is 108 Å². The third-order valence-electron chi connectivity index (χ3n) is 10.3. The second kappa shape index (κ2) is 26.9. The zero-order chi connectivity index (χ0) is 43.8. The van der Waals surface area contributed by atoms with Gasteiger partial charge in [0.05, 0.1) is 19.8 Å². The highest BCUT2D eigenvalue weighted by atomic mass is 19.1. The van der Waals surface area contributed by atoms with Crippen molar-refractivity contribution < 1.29 is 27.8 Å². The zero-order valence-corrected chi connectivity index (χ0v) is 36.7. The lowest BCUT2D eigenvalue weighted by atomic mass is 10.0. The lowest BCUT2D eigenvalue weighted by molar-refractivity contribution is 0.154. The maximum atomic E-state index is 13.3. The summed E-state index contributed by atoms with van der Waals surface area (Å²) < 4.78 is 37.2. The summed E-state index contributed by atoms with van der Waals surface area (Å²) in [5.74, 6) is 2.25. The van der Waals surface area contributed by atoms with Gasteiger partial charge in [-0.3, -0.25) is 0 Å². The van der Waals surface area contributed by atoms with Gasteiger partial charge in [0.2, 0.25) is 6.08 Å². The highest BCUT2D eigenvalue weighted by Gasteiger charge is 2.25. The van der Waals surface area contributed by atoms with Gasteiger partial charge >= 0.3 is 6.03 Å². The van der Waals surface area contributed by atoms with Crippen LogP contribution in [0.5, 0.6) is 11.5 Å². The fourth-order valence-corrected chi connectivity index (χ4v) is 6.67. The van der Waals surface area contributed by atoms with Crippen LogP contribution in [0.2, 0.25) is 0 Å². The minimum absolute atomic E-state index is 0.0913. The Morgan fingerprint density at radius 2 is 1.21 bits per heavy atom. The molecule has 0 aliphatic carbocycles. The van der Waals surface area contributed by atoms with Gasteiger partial charge in [0, 0.05) is 31.7 Å². The van der Waals surface area contributed by atoms with Crippen LogP contribution >= 0.6 is 0 Å². The van der Waals surface area contributed by atoms with Gasteiger partial charge in [-0.05, 0) is 142 Å². The van der Waals surface area contributed by atoms with Gasteiger partial charge in [-0.25, -0.2) is 23.4 Å². The average molecular weight is 841 g/mol. The predicted molar refractivity (Wildman–Crippen MR) is 239 cm³/mol. The van der Waals surface area contributed by atoms with E-state index >= 15 is 0 Å². The van der Waals surface area contributed by atoms with E-state index in [-0.39, 0.29) is 23.7 Å². The van der Waals surface area contributed by atoms with Gasteiger partial charge in [0.1, 0.15) is 23.1 Å². The first-order chi connectivity index (χ1) is 29.5. The molecule has 4 aromatic rings. The molecule has 3 N–H and O–H groups in total. The number of hydrogen-bond donors (Lipinski definition) is 3. The summed E-state index contributed by atoms with van der Waals surface area (Å²) in [4.78, 5) is 30.7. The summed E-state index contributed by atoms with van der Waals surface area (Å²) >= 11 is 0. The average Bonchev–Trinajstić information content (AvgIpc) is 3.27. The molecular weight excluding hydrogens is 775 g/mol. The van der Waals surface area contributed by atoms with E-state index in [1.807, 2.05) is 65.6 Å². The molecule has 6 rings (SSSR count). The lowest BCUT2D eigenvalue weighted by Crippen LogP contribution is -2.49. The van der Waals surface area contributed by atoms with Crippen LogP contribution in [-0.4, -0.2) is 80.4 Å². The van der Waals surface area contributed by atoms with E-state index in [0.29, 0.717) is 50.7 Å². The summed E-state index contributed by atoms with van der Waals surface area (Å²) in [6, 6.07) is 29.2. The molecule has 2 amide bonds. The van der Waals surface area contributed by atoms with Crippen molar-refractivity contribution >= 4 is 12.1 Å². The molecule has 2 saturated heterocycles. The normalized spacial score (nSPS) is 14.5. The van der Waals surface area contributed by atoms with Crippen LogP contribution < -0.4 is 25.4 Å². The number of amides is 2. The van der Waals surface area contributed by atoms with Gasteiger partial charge < -0.3 is 35.2 Å². The van der Waals surface area contributed by atoms with E-state index in [2.05, 4.69) is 60.6 Å². The first-order valence-electron chi connectivity index (χ1n) is 21.6. The fourth-order valence-electron chi connectivity index (χ4n) is 6.67. The van der Waals surface area contributed by atoms with Crippen molar-refractivity contribution in [2.75, 3.05) is 46.4 Å². The molecule has 4 aromatic carbocycles. The molecule has 0 saturated carbocycles. The molecule has 0 spiro atoms. The van der Waals surface area contributed by atoms with E-state index in [9.17, 15) is 18.4 Å². The van der Waals surface area contributed by atoms with Gasteiger partial charge in [0.15, 0.2) is 0 Å². The molecule has 2 heterocycles. The lowest BCUT2D eigenvalue weighted by Gasteiger charge is -2.35. The number of carbonyl (C=O) groups is 1. The molecule has 61 heavy (non-hydrogen) atoms. The number of piperidine rings is 2. The Hall–Kier alpha value is -5.13. The molecular formula is C49H66F2N6O4. The number of nitrogens with zero attached hydrogens (tertiary/aromatic N) is 3. The summed E-state index contributed by atoms with van der Waals surface area (Å²) in [6.45, 7) is 16.1. The van der Waals surface area contributed by atoms with E-state index in [1.165, 1.54) is 56.3 Å². The summed E-state index contributed by atoms with van der Waals surface area (Å²) in [6.07, 6.45) is 5.75. The molecule has 0 atom stereocenters. The van der Waals surface area contributed by atoms with Crippen molar-refractivity contribution in [1.82, 2.24) is 25.8 Å². The van der Waals surface area contributed by atoms with Crippen LogP contribution in [0.25, 0.3) is 0 Å². The number of ether oxygens (including phenoxy) is 2. The van der Waals surface area contributed by atoms with Crippen LogP contribution in [0.3, 0.4) is 0 Å². The predicted octanol–water partition coefficient (Wildman–Crippen LogP) is 8.89. The minimum Gasteiger partial charge on any atom is -0.493 e. The Labute approximate surface area is 362 Å². The van der Waals surface area contributed by atoms with Crippen LogP contribution in [0, 0.1) is 23.5 Å². The number of carbonyl (C=O) groups excluding carboxylic acids is 2. The highest BCUT2D eigenvalue weighted by molar-refractivity contribution is 5.74. The second-order valence-corrected chi connectivity index (χ2v) is 16.6. The number of likely N-dealkylation sites (tertiary alicyclic amines) is 1. The Morgan fingerprint density at radius 3 is 1.72 bits per heavy atom. The molecule has 0 aromatic heterocycles. The van der Waals surface area contributed by atoms with Crippen LogP contribution in [0.4, 0.5) is 13.6 Å². The number of benzene rings is 4. The van der Waals surface area contributed by atoms with E-state index in [4.69, 9.17) is 9.47 Å². The molecule has 2 aliphatic heterocycles. The zero-order valence-electron chi connectivity index (χ0n) is 36.7. The summed E-state index contributed by atoms with van der Waals surface area (Å²) in [5.41, 5.74) is 4.08. The molecule has 330 valence electrons. The van der Waals surface area contributed by atoms with Crippen molar-refractivity contribution in [3.63, 3.8) is 0 Å². The Bertz CT molecular complexity index is 1860. The van der Waals surface area contributed by atoms with E-state index in [0.717, 1.165) is 66.2 Å². The van der Waals surface area contributed by atoms with Crippen molar-refractivity contribution in [3.05, 3.63) is 131 Å². The number of urea groups is 1. The van der Waals surface area contributed by atoms with E-state index < -0.39 is 0 Å². The molecule has 0 radical (unpaired) electrons. The Morgan fingerprint density at radius 1 is 0.738 bits per heavy atom. The van der Waals surface area contributed by atoms with Gasteiger partial charge in [-0.15, -0.1) is 0 Å². The van der Waals surface area contributed by atoms with Crippen molar-refractivity contribution in [3.8, 4) is 11.5 Å². The molecule has 10 nitrogen and oxygen atoms in total. The number of nitrogens with one attached hydrogen (secondary N) is 3. The third kappa shape index (κ3) is 19.4. The molecule has 2 aliphatic rings. The monoisotopic (exact) mass is 841 g/mol. The third-order valence-corrected chi connectivity index (χ3v) is 10.3. The van der Waals surface area contributed by atoms with Crippen LogP contribution in [0.15, 0.2) is 102 Å². The van der Waals surface area contributed by atoms with Gasteiger partial charge in [-0.1, -0.05) is 76.2 Å². The largest absolute Gasteiger partial charge is 0.493 e. The number of hydrogen-bond acceptors (Lipinski definition) is 8. The number of isocyanates is 1. The van der Waals surface area contributed by atoms with Crippen LogP contribution in [0.1, 0.15) is 75.6 Å². The van der Waals surface area contributed by atoms with Gasteiger partial charge in [-0.2, -0.15) is 0 Å². The molecule has 2 fully saturated rings. The number of rotatable bonds is 16. The fraction of sp³-hybridized carbons (Fsp3) is 0.469. The standard InChI is InChI=1S/C24H32FN3O2.C13H19FN2.C12H15NO2/c1-18(2)17-30-23-9-5-19(6-10-23)15-27-24(29)28(22-11-13-26-14-12-22)16-20-3-7-21(25)8-4-20;1-16-8-6-13(7-9-16)15-10-11-2-4-12(14)5-3-11;1-10(2)8-15-12-5-3-11(4-6-12)7-13-9-14/h3-10,18,22,26H,11-17H2,1-2H3,(H,27,29);2-5,13,15H,6-10H2,1H3;3-6,10H,7-8H2,1-2H3. The quantitative estimate of drug-likeness (QED) is 0.0765. The first kappa shape index (κ1) is 48.5. The van der Waals surface area contributed by atoms with Gasteiger partial charge in [0.25, 0.3) is 0 Å². The SMILES string of the molecule is CC(C)COc1ccc(CN=C=O)cc1.CC(C)COc1ccc(CNC(=O)N(Cc2ccc(F)cc2)C2CCNCC2)cc1.CN1CCC(NCc2ccc(F)cc2)CC1. The highest BCUT2D eigenvalue weighted by Crippen LogP contribution is 2.19. The van der Waals surface area contributed by atoms with Crippen molar-refractivity contribution in [2.45, 2.75) is 91.6 Å². The Balaban J connectivity index is 0.000000222. The minimum atomic E-state index is -0.266. The molecule has 0 bridgehead atoms.